The standard InChI is InChI=1S/C9H8BrN3.C2H6/c10-7-2-3-8-6(5-7)1-4-9(8)12-13-11;1-2/h2-3,5,9H,1,4H2;1-2H3. The predicted molar refractivity (Wildman–Crippen MR) is 65.7 cm³/mol. The summed E-state index contributed by atoms with van der Waals surface area (Å²) in [4.78, 5) is 2.85. The van der Waals surface area contributed by atoms with Gasteiger partial charge in [0.05, 0.1) is 6.04 Å². The fourth-order valence-electron chi connectivity index (χ4n) is 1.75. The van der Waals surface area contributed by atoms with Crippen molar-refractivity contribution >= 4 is 15.9 Å². The molecule has 0 saturated carbocycles. The van der Waals surface area contributed by atoms with Gasteiger partial charge in [0.25, 0.3) is 0 Å². The van der Waals surface area contributed by atoms with Crippen LogP contribution < -0.4 is 0 Å². The molecule has 0 spiro atoms. The first-order valence-corrected chi connectivity index (χ1v) is 5.93. The average molecular weight is 268 g/mol. The molecule has 1 aromatic rings. The van der Waals surface area contributed by atoms with Crippen molar-refractivity contribution in [2.75, 3.05) is 0 Å². The summed E-state index contributed by atoms with van der Waals surface area (Å²) in [6.45, 7) is 4.00. The van der Waals surface area contributed by atoms with Crippen LogP contribution in [0, 0.1) is 0 Å². The van der Waals surface area contributed by atoms with Gasteiger partial charge in [-0.15, -0.1) is 0 Å². The van der Waals surface area contributed by atoms with Crippen LogP contribution in [0.5, 0.6) is 0 Å². The normalized spacial score (nSPS) is 17.1. The number of hydrogen-bond acceptors (Lipinski definition) is 1. The van der Waals surface area contributed by atoms with Crippen molar-refractivity contribution in [3.05, 3.63) is 44.2 Å². The summed E-state index contributed by atoms with van der Waals surface area (Å²) < 4.78 is 1.09. The molecule has 1 aromatic carbocycles. The van der Waals surface area contributed by atoms with Gasteiger partial charge in [0.1, 0.15) is 0 Å². The average Bonchev–Trinajstić information content (AvgIpc) is 2.64. The number of aryl methyl sites for hydroxylation is 1. The predicted octanol–water partition coefficient (Wildman–Crippen LogP) is 4.77. The molecule has 1 aliphatic rings. The minimum Gasteiger partial charge on any atom is -0.0859 e. The van der Waals surface area contributed by atoms with Crippen molar-refractivity contribution in [3.63, 3.8) is 0 Å². The molecule has 3 nitrogen and oxygen atoms in total. The van der Waals surface area contributed by atoms with Crippen molar-refractivity contribution in [2.45, 2.75) is 32.7 Å². The summed E-state index contributed by atoms with van der Waals surface area (Å²) in [5.74, 6) is 0. The number of nitrogens with zero attached hydrogens (tertiary/aromatic N) is 3. The van der Waals surface area contributed by atoms with Gasteiger partial charge in [-0.3, -0.25) is 0 Å². The Morgan fingerprint density at radius 3 is 2.87 bits per heavy atom. The monoisotopic (exact) mass is 267 g/mol. The summed E-state index contributed by atoms with van der Waals surface area (Å²) in [5, 5.41) is 3.76. The molecule has 0 heterocycles. The molecular formula is C11H14BrN3. The zero-order valence-electron chi connectivity index (χ0n) is 8.94. The number of benzene rings is 1. The van der Waals surface area contributed by atoms with Gasteiger partial charge in [-0.2, -0.15) is 0 Å². The van der Waals surface area contributed by atoms with E-state index in [1.165, 1.54) is 11.1 Å². The van der Waals surface area contributed by atoms with Crippen LogP contribution in [0.1, 0.15) is 37.4 Å². The smallest absolute Gasteiger partial charge is 0.0631 e. The van der Waals surface area contributed by atoms with E-state index < -0.39 is 0 Å². The molecule has 0 amide bonds. The van der Waals surface area contributed by atoms with Gasteiger partial charge in [0.15, 0.2) is 0 Å². The lowest BCUT2D eigenvalue weighted by Crippen LogP contribution is -1.86. The summed E-state index contributed by atoms with van der Waals surface area (Å²) in [6.07, 6.45) is 1.95. The van der Waals surface area contributed by atoms with E-state index in [9.17, 15) is 0 Å². The second kappa shape index (κ2) is 5.79. The lowest BCUT2D eigenvalue weighted by Gasteiger charge is -2.03. The van der Waals surface area contributed by atoms with Gasteiger partial charge in [0.2, 0.25) is 0 Å². The van der Waals surface area contributed by atoms with Crippen LogP contribution in [0.3, 0.4) is 0 Å². The fourth-order valence-corrected chi connectivity index (χ4v) is 2.15. The molecule has 0 fully saturated rings. The molecular weight excluding hydrogens is 254 g/mol. The summed E-state index contributed by atoms with van der Waals surface area (Å²) in [6, 6.07) is 6.17. The first-order chi connectivity index (χ1) is 7.31. The number of hydrogen-bond donors (Lipinski definition) is 0. The molecule has 4 heteroatoms. The van der Waals surface area contributed by atoms with Crippen LogP contribution in [0.15, 0.2) is 27.8 Å². The first-order valence-electron chi connectivity index (χ1n) is 5.14. The lowest BCUT2D eigenvalue weighted by molar-refractivity contribution is 0.707. The molecule has 0 aliphatic heterocycles. The van der Waals surface area contributed by atoms with Crippen LogP contribution in [0.25, 0.3) is 10.4 Å². The van der Waals surface area contributed by atoms with Crippen LogP contribution >= 0.6 is 15.9 Å². The number of fused-ring (bicyclic) bond motifs is 1. The third-order valence-corrected chi connectivity index (χ3v) is 2.84. The maximum Gasteiger partial charge on any atom is 0.0631 e. The Bertz CT molecular complexity index is 383. The summed E-state index contributed by atoms with van der Waals surface area (Å²) in [5.41, 5.74) is 10.8. The highest BCUT2D eigenvalue weighted by molar-refractivity contribution is 9.10. The minimum atomic E-state index is 0.0492. The van der Waals surface area contributed by atoms with E-state index in [0.717, 1.165) is 17.3 Å². The van der Waals surface area contributed by atoms with Crippen molar-refractivity contribution in [1.29, 1.82) is 0 Å². The van der Waals surface area contributed by atoms with Crippen LogP contribution in [-0.2, 0) is 6.42 Å². The first kappa shape index (κ1) is 12.1. The highest BCUT2D eigenvalue weighted by atomic mass is 79.9. The Morgan fingerprint density at radius 2 is 2.20 bits per heavy atom. The van der Waals surface area contributed by atoms with E-state index in [1.807, 2.05) is 26.0 Å². The maximum absolute atomic E-state index is 8.36. The Labute approximate surface area is 98.3 Å². The van der Waals surface area contributed by atoms with Gasteiger partial charge in [-0.25, -0.2) is 0 Å². The van der Waals surface area contributed by atoms with Crippen LogP contribution in [0.2, 0.25) is 0 Å². The SMILES string of the molecule is CC.[N-]=[N+]=NC1CCc2cc(Br)ccc21. The van der Waals surface area contributed by atoms with Crippen LogP contribution in [0.4, 0.5) is 0 Å². The fraction of sp³-hybridized carbons (Fsp3) is 0.455. The number of halogens is 1. The summed E-state index contributed by atoms with van der Waals surface area (Å²) in [7, 11) is 0. The Hall–Kier alpha value is -0.990. The minimum absolute atomic E-state index is 0.0492. The van der Waals surface area contributed by atoms with E-state index in [2.05, 4.69) is 32.0 Å². The molecule has 80 valence electrons. The lowest BCUT2D eigenvalue weighted by atomic mass is 10.1. The third-order valence-electron chi connectivity index (χ3n) is 2.34. The zero-order valence-corrected chi connectivity index (χ0v) is 10.5. The van der Waals surface area contributed by atoms with Gasteiger partial charge in [-0.1, -0.05) is 41.0 Å². The molecule has 0 radical (unpaired) electrons. The molecule has 0 aromatic heterocycles. The van der Waals surface area contributed by atoms with Crippen molar-refractivity contribution < 1.29 is 0 Å². The maximum atomic E-state index is 8.36. The summed E-state index contributed by atoms with van der Waals surface area (Å²) >= 11 is 3.42. The van der Waals surface area contributed by atoms with E-state index in [4.69, 9.17) is 5.53 Å². The molecule has 15 heavy (non-hydrogen) atoms. The molecule has 0 N–H and O–H groups in total. The van der Waals surface area contributed by atoms with Crippen molar-refractivity contribution in [2.24, 2.45) is 5.11 Å². The van der Waals surface area contributed by atoms with E-state index in [0.29, 0.717) is 0 Å². The Morgan fingerprint density at radius 1 is 1.47 bits per heavy atom. The van der Waals surface area contributed by atoms with Gasteiger partial charge < -0.3 is 0 Å². The largest absolute Gasteiger partial charge is 0.0859 e. The molecule has 0 saturated heterocycles. The molecule has 1 unspecified atom stereocenters. The molecule has 0 bridgehead atoms. The highest BCUT2D eigenvalue weighted by Gasteiger charge is 2.20. The molecule has 1 atom stereocenters. The van der Waals surface area contributed by atoms with E-state index in [1.54, 1.807) is 0 Å². The van der Waals surface area contributed by atoms with Gasteiger partial charge in [0, 0.05) is 9.38 Å². The number of rotatable bonds is 1. The van der Waals surface area contributed by atoms with Crippen molar-refractivity contribution in [3.8, 4) is 0 Å². The quantitative estimate of drug-likeness (QED) is 0.400. The topological polar surface area (TPSA) is 48.8 Å². The third kappa shape index (κ3) is 2.74. The van der Waals surface area contributed by atoms with Crippen LogP contribution in [-0.4, -0.2) is 0 Å². The van der Waals surface area contributed by atoms with Gasteiger partial charge >= 0.3 is 0 Å². The molecule has 1 aliphatic carbocycles. The van der Waals surface area contributed by atoms with Crippen molar-refractivity contribution in [1.82, 2.24) is 0 Å². The van der Waals surface area contributed by atoms with E-state index in [-0.39, 0.29) is 6.04 Å². The Kier molecular flexibility index (Phi) is 4.66. The van der Waals surface area contributed by atoms with Gasteiger partial charge in [-0.05, 0) is 41.6 Å². The Balaban J connectivity index is 0.000000531. The second-order valence-electron chi connectivity index (χ2n) is 3.10. The second-order valence-corrected chi connectivity index (χ2v) is 4.02. The number of azide groups is 1. The zero-order chi connectivity index (χ0) is 11.3. The highest BCUT2D eigenvalue weighted by Crippen LogP contribution is 2.35. The molecule has 2 rings (SSSR count). The van der Waals surface area contributed by atoms with E-state index >= 15 is 0 Å².